The summed E-state index contributed by atoms with van der Waals surface area (Å²) in [6.07, 6.45) is -0.525. The van der Waals surface area contributed by atoms with E-state index in [0.717, 1.165) is 51.5 Å². The fourth-order valence-electron chi connectivity index (χ4n) is 7.29. The monoisotopic (exact) mass is 902 g/mol. The van der Waals surface area contributed by atoms with E-state index >= 15 is 0 Å². The van der Waals surface area contributed by atoms with Gasteiger partial charge in [-0.25, -0.2) is 23.1 Å². The van der Waals surface area contributed by atoms with Gasteiger partial charge in [0.1, 0.15) is 11.5 Å². The molecule has 3 aromatic heterocycles. The van der Waals surface area contributed by atoms with Crippen molar-refractivity contribution in [3.8, 4) is 0 Å². The molecule has 19 heteroatoms. The van der Waals surface area contributed by atoms with Gasteiger partial charge in [0.2, 0.25) is 0 Å². The molecule has 0 bridgehead atoms. The Labute approximate surface area is 364 Å². The van der Waals surface area contributed by atoms with Gasteiger partial charge in [-0.2, -0.15) is 13.2 Å². The van der Waals surface area contributed by atoms with Crippen LogP contribution in [0.4, 0.5) is 29.8 Å². The normalized spacial score (nSPS) is 15.2. The van der Waals surface area contributed by atoms with E-state index in [1.165, 1.54) is 35.2 Å². The van der Waals surface area contributed by atoms with Crippen LogP contribution in [0.5, 0.6) is 0 Å². The second kappa shape index (κ2) is 18.8. The summed E-state index contributed by atoms with van der Waals surface area (Å²) in [4.78, 5) is 44.3. The highest BCUT2D eigenvalue weighted by atomic mass is 32.2. The van der Waals surface area contributed by atoms with E-state index in [9.17, 15) is 31.2 Å². The Morgan fingerprint density at radius 2 is 1.73 bits per heavy atom. The molecule has 0 aliphatic carbocycles. The Bertz CT molecular complexity index is 2650. The van der Waals surface area contributed by atoms with Crippen LogP contribution in [-0.2, 0) is 33.9 Å². The maximum Gasteiger partial charge on any atom is 0.418 e. The number of nitrogens with zero attached hydrogens (tertiary/aromatic N) is 5. The molecule has 2 amide bonds. The fraction of sp³-hybridized carbons (Fsp3) is 0.279. The van der Waals surface area contributed by atoms with Gasteiger partial charge in [0.15, 0.2) is 5.13 Å². The van der Waals surface area contributed by atoms with Crippen molar-refractivity contribution in [2.24, 2.45) is 0 Å². The molecule has 13 nitrogen and oxygen atoms in total. The number of sulfonamides is 1. The smallest absolute Gasteiger partial charge is 0.381 e. The maximum absolute atomic E-state index is 14.7. The molecular formula is C43H41F3N8O5S3. The maximum atomic E-state index is 14.7. The Morgan fingerprint density at radius 3 is 2.52 bits per heavy atom. The molecule has 1 saturated heterocycles. The first-order chi connectivity index (χ1) is 29.9. The first-order valence-electron chi connectivity index (χ1n) is 19.8. The van der Waals surface area contributed by atoms with E-state index in [1.54, 1.807) is 30.6 Å². The van der Waals surface area contributed by atoms with Crippen LogP contribution in [0.1, 0.15) is 44.0 Å². The lowest BCUT2D eigenvalue weighted by Crippen LogP contribution is -2.39. The van der Waals surface area contributed by atoms with Crippen molar-refractivity contribution >= 4 is 71.8 Å². The third-order valence-electron chi connectivity index (χ3n) is 10.5. The number of hydrogen-bond acceptors (Lipinski definition) is 13. The van der Waals surface area contributed by atoms with Gasteiger partial charge in [0.05, 0.1) is 33.9 Å². The van der Waals surface area contributed by atoms with Crippen LogP contribution in [0.15, 0.2) is 113 Å². The molecule has 2 aliphatic heterocycles. The van der Waals surface area contributed by atoms with Crippen LogP contribution in [0.3, 0.4) is 0 Å². The topological polar surface area (TPSA) is 159 Å². The number of halogens is 3. The second-order valence-corrected chi connectivity index (χ2v) is 18.5. The zero-order valence-corrected chi connectivity index (χ0v) is 35.5. The number of thiazole rings is 1. The van der Waals surface area contributed by atoms with E-state index in [0.29, 0.717) is 67.5 Å². The van der Waals surface area contributed by atoms with Gasteiger partial charge in [-0.3, -0.25) is 24.8 Å². The van der Waals surface area contributed by atoms with Gasteiger partial charge in [0, 0.05) is 73.1 Å². The Hall–Kier alpha value is -5.60. The van der Waals surface area contributed by atoms with Crippen LogP contribution >= 0.6 is 23.1 Å². The highest BCUT2D eigenvalue weighted by Crippen LogP contribution is 2.37. The van der Waals surface area contributed by atoms with Crippen LogP contribution in [-0.4, -0.2) is 91.3 Å². The predicted octanol–water partition coefficient (Wildman–Crippen LogP) is 7.33. The van der Waals surface area contributed by atoms with Crippen molar-refractivity contribution in [1.82, 2.24) is 24.6 Å². The zero-order valence-electron chi connectivity index (χ0n) is 33.1. The molecule has 5 heterocycles. The summed E-state index contributed by atoms with van der Waals surface area (Å²) in [5, 5.41) is 6.37. The summed E-state index contributed by atoms with van der Waals surface area (Å²) < 4.78 is 79.2. The molecule has 0 spiro atoms. The molecule has 1 fully saturated rings. The standard InChI is InChI=1S/C43H41F3N8O5S3/c44-43(45,46)34-24-31(12-13-35(34)48-29(16-18-53-20-22-59-23-21-53)27-60-30-7-2-1-3-8-30)62(57,58)52-41(56)37-10-5-11-39(49-37)54-19-15-28-6-4-9-32(33(28)26-54)40(55)51-42-50-36-14-17-47-25-38(36)61-42/h1-14,17,24-25,29,48H,15-16,18-23,26-27H2,(H,52,56)(H,50,51,55)/t29-/m1/s1. The van der Waals surface area contributed by atoms with Crippen molar-refractivity contribution < 1.29 is 35.9 Å². The number of pyridine rings is 2. The first-order valence-corrected chi connectivity index (χ1v) is 23.1. The molecule has 8 rings (SSSR count). The number of thioether (sulfide) groups is 1. The molecule has 3 aromatic carbocycles. The van der Waals surface area contributed by atoms with Gasteiger partial charge in [-0.1, -0.05) is 47.7 Å². The van der Waals surface area contributed by atoms with E-state index in [1.807, 2.05) is 52.1 Å². The van der Waals surface area contributed by atoms with Crippen molar-refractivity contribution in [2.45, 2.75) is 41.4 Å². The summed E-state index contributed by atoms with van der Waals surface area (Å²) in [6.45, 7) is 4.01. The molecule has 0 saturated carbocycles. The molecule has 322 valence electrons. The molecule has 62 heavy (non-hydrogen) atoms. The summed E-state index contributed by atoms with van der Waals surface area (Å²) >= 11 is 2.82. The number of fused-ring (bicyclic) bond motifs is 2. The van der Waals surface area contributed by atoms with E-state index in [2.05, 4.69) is 30.5 Å². The molecule has 0 radical (unpaired) electrons. The van der Waals surface area contributed by atoms with Crippen molar-refractivity contribution in [3.63, 3.8) is 0 Å². The minimum absolute atomic E-state index is 0.262. The van der Waals surface area contributed by atoms with Crippen LogP contribution < -0.4 is 20.3 Å². The van der Waals surface area contributed by atoms with Crippen molar-refractivity contribution in [1.29, 1.82) is 0 Å². The first kappa shape index (κ1) is 43.1. The fourth-order valence-corrected chi connectivity index (χ4v) is 10.1. The number of carbonyl (C=O) groups excluding carboxylic acids is 2. The highest BCUT2D eigenvalue weighted by Gasteiger charge is 2.36. The quantitative estimate of drug-likeness (QED) is 0.0937. The van der Waals surface area contributed by atoms with Crippen LogP contribution in [0.25, 0.3) is 10.2 Å². The third-order valence-corrected chi connectivity index (χ3v) is 13.9. The third kappa shape index (κ3) is 10.4. The second-order valence-electron chi connectivity index (χ2n) is 14.7. The van der Waals surface area contributed by atoms with Crippen molar-refractivity contribution in [3.05, 3.63) is 131 Å². The van der Waals surface area contributed by atoms with Gasteiger partial charge in [-0.15, -0.1) is 11.8 Å². The Balaban J connectivity index is 0.963. The summed E-state index contributed by atoms with van der Waals surface area (Å²) in [6, 6.07) is 23.6. The van der Waals surface area contributed by atoms with E-state index < -0.39 is 38.6 Å². The van der Waals surface area contributed by atoms with Gasteiger partial charge < -0.3 is 15.0 Å². The van der Waals surface area contributed by atoms with Gasteiger partial charge in [0.25, 0.3) is 21.8 Å². The largest absolute Gasteiger partial charge is 0.418 e. The number of benzene rings is 3. The number of nitrogens with one attached hydrogen (secondary N) is 3. The predicted molar refractivity (Wildman–Crippen MR) is 233 cm³/mol. The number of hydrogen-bond donors (Lipinski definition) is 3. The number of carbonyl (C=O) groups is 2. The summed E-state index contributed by atoms with van der Waals surface area (Å²) in [7, 11) is -4.79. The Morgan fingerprint density at radius 1 is 0.919 bits per heavy atom. The minimum Gasteiger partial charge on any atom is -0.381 e. The Kier molecular flexibility index (Phi) is 13.1. The number of anilines is 3. The molecule has 0 unspecified atom stereocenters. The number of ether oxygens (including phenoxy) is 1. The highest BCUT2D eigenvalue weighted by molar-refractivity contribution is 7.99. The number of rotatable bonds is 14. The molecule has 1 atom stereocenters. The minimum atomic E-state index is -4.92. The lowest BCUT2D eigenvalue weighted by molar-refractivity contribution is -0.137. The average molecular weight is 903 g/mol. The van der Waals surface area contributed by atoms with Gasteiger partial charge in [-0.05, 0) is 78.6 Å². The lowest BCUT2D eigenvalue weighted by atomic mass is 9.94. The number of amides is 2. The van der Waals surface area contributed by atoms with Crippen molar-refractivity contribution in [2.75, 3.05) is 60.7 Å². The number of morpholine rings is 1. The molecule has 2 aliphatic rings. The molecular weight excluding hydrogens is 862 g/mol. The number of alkyl halides is 3. The van der Waals surface area contributed by atoms with Crippen LogP contribution in [0.2, 0.25) is 0 Å². The van der Waals surface area contributed by atoms with Gasteiger partial charge >= 0.3 is 6.18 Å². The SMILES string of the molecule is O=C(NS(=O)(=O)c1ccc(N[C@H](CCN2CCOCC2)CSc2ccccc2)c(C(F)(F)F)c1)c1cccc(N2CCc3cccc(C(=O)Nc4nc5ccncc5s4)c3C2)n1. The lowest BCUT2D eigenvalue weighted by Gasteiger charge is -2.31. The zero-order chi connectivity index (χ0) is 43.3. The molecule has 6 aromatic rings. The summed E-state index contributed by atoms with van der Waals surface area (Å²) in [5.41, 5.74) is 1.18. The van der Waals surface area contributed by atoms with E-state index in [-0.39, 0.29) is 23.8 Å². The van der Waals surface area contributed by atoms with Crippen LogP contribution in [0, 0.1) is 0 Å². The summed E-state index contributed by atoms with van der Waals surface area (Å²) in [5.74, 6) is -0.660. The number of aromatic nitrogens is 3. The molecule has 3 N–H and O–H groups in total. The average Bonchev–Trinajstić information content (AvgIpc) is 3.69. The van der Waals surface area contributed by atoms with E-state index in [4.69, 9.17) is 4.74 Å².